The monoisotopic (exact) mass is 435 g/mol. The van der Waals surface area contributed by atoms with Crippen molar-refractivity contribution in [2.45, 2.75) is 23.0 Å². The number of nitrogens with zero attached hydrogens (tertiary/aromatic N) is 1. The molecule has 3 aromatic rings. The first-order valence-corrected chi connectivity index (χ1v) is 10.4. The highest BCUT2D eigenvalue weighted by atomic mass is 32.2. The molecule has 2 aromatic carbocycles. The first-order chi connectivity index (χ1) is 15.0. The van der Waals surface area contributed by atoms with Gasteiger partial charge in [0.15, 0.2) is 0 Å². The van der Waals surface area contributed by atoms with Crippen molar-refractivity contribution >= 4 is 40.9 Å². The molecule has 7 nitrogen and oxygen atoms in total. The van der Waals surface area contributed by atoms with Crippen LogP contribution in [0.5, 0.6) is 0 Å². The molecule has 0 saturated carbocycles. The maximum absolute atomic E-state index is 13.1. The number of rotatable bonds is 9. The van der Waals surface area contributed by atoms with Gasteiger partial charge in [-0.2, -0.15) is 0 Å². The summed E-state index contributed by atoms with van der Waals surface area (Å²) in [6.07, 6.45) is 2.88. The van der Waals surface area contributed by atoms with Gasteiger partial charge in [-0.3, -0.25) is 19.4 Å². The molecule has 1 heterocycles. The SMILES string of the molecule is O=C(O)CCC(=O)Nc1cccc(SC(C(=O)Nc2ccncc2)c2ccccc2)c1. The van der Waals surface area contributed by atoms with Gasteiger partial charge in [0.2, 0.25) is 11.8 Å². The Labute approximate surface area is 183 Å². The van der Waals surface area contributed by atoms with E-state index in [1.807, 2.05) is 36.4 Å². The zero-order chi connectivity index (χ0) is 22.1. The van der Waals surface area contributed by atoms with Crippen molar-refractivity contribution in [2.24, 2.45) is 0 Å². The fraction of sp³-hybridized carbons (Fsp3) is 0.130. The molecular formula is C23H21N3O4S. The number of thioether (sulfide) groups is 1. The summed E-state index contributed by atoms with van der Waals surface area (Å²) >= 11 is 1.36. The average molecular weight is 436 g/mol. The summed E-state index contributed by atoms with van der Waals surface area (Å²) in [7, 11) is 0. The van der Waals surface area contributed by atoms with Crippen LogP contribution in [0.2, 0.25) is 0 Å². The maximum atomic E-state index is 13.1. The van der Waals surface area contributed by atoms with Crippen molar-refractivity contribution in [1.82, 2.24) is 4.98 Å². The molecule has 0 radical (unpaired) electrons. The van der Waals surface area contributed by atoms with Gasteiger partial charge >= 0.3 is 5.97 Å². The van der Waals surface area contributed by atoms with Crippen LogP contribution in [0, 0.1) is 0 Å². The van der Waals surface area contributed by atoms with Crippen LogP contribution in [0.25, 0.3) is 0 Å². The lowest BCUT2D eigenvalue weighted by molar-refractivity contribution is -0.138. The van der Waals surface area contributed by atoms with E-state index < -0.39 is 11.2 Å². The minimum absolute atomic E-state index is 0.103. The topological polar surface area (TPSA) is 108 Å². The van der Waals surface area contributed by atoms with Crippen molar-refractivity contribution in [3.63, 3.8) is 0 Å². The van der Waals surface area contributed by atoms with Crippen LogP contribution in [0.15, 0.2) is 84.0 Å². The number of carboxylic acid groups (broad SMARTS) is 1. The second-order valence-electron chi connectivity index (χ2n) is 6.60. The van der Waals surface area contributed by atoms with Gasteiger partial charge in [0.05, 0.1) is 6.42 Å². The fourth-order valence-corrected chi connectivity index (χ4v) is 3.85. The molecule has 0 fully saturated rings. The summed E-state index contributed by atoms with van der Waals surface area (Å²) in [6, 6.07) is 20.0. The van der Waals surface area contributed by atoms with Crippen molar-refractivity contribution in [3.8, 4) is 0 Å². The van der Waals surface area contributed by atoms with Crippen molar-refractivity contribution in [2.75, 3.05) is 10.6 Å². The molecule has 0 aliphatic heterocycles. The Morgan fingerprint density at radius 3 is 2.32 bits per heavy atom. The molecular weight excluding hydrogens is 414 g/mol. The molecule has 158 valence electrons. The number of anilines is 2. The number of benzene rings is 2. The Balaban J connectivity index is 1.76. The number of carbonyl (C=O) groups is 3. The highest BCUT2D eigenvalue weighted by molar-refractivity contribution is 8.00. The van der Waals surface area contributed by atoms with Gasteiger partial charge in [-0.1, -0.05) is 36.4 Å². The minimum Gasteiger partial charge on any atom is -0.481 e. The molecule has 0 saturated heterocycles. The Morgan fingerprint density at radius 1 is 0.871 bits per heavy atom. The van der Waals surface area contributed by atoms with Crippen LogP contribution in [0.4, 0.5) is 11.4 Å². The lowest BCUT2D eigenvalue weighted by atomic mass is 10.1. The Bertz CT molecular complexity index is 1040. The van der Waals surface area contributed by atoms with Gasteiger partial charge in [0, 0.05) is 35.1 Å². The number of pyridine rings is 1. The van der Waals surface area contributed by atoms with E-state index in [1.165, 1.54) is 11.8 Å². The predicted octanol–water partition coefficient (Wildman–Crippen LogP) is 4.36. The first kappa shape index (κ1) is 22.0. The lowest BCUT2D eigenvalue weighted by Gasteiger charge is -2.17. The van der Waals surface area contributed by atoms with Gasteiger partial charge in [-0.25, -0.2) is 0 Å². The summed E-state index contributed by atoms with van der Waals surface area (Å²) in [5.74, 6) is -1.58. The predicted molar refractivity (Wildman–Crippen MR) is 120 cm³/mol. The Morgan fingerprint density at radius 2 is 1.61 bits per heavy atom. The van der Waals surface area contributed by atoms with E-state index in [0.29, 0.717) is 11.4 Å². The van der Waals surface area contributed by atoms with Gasteiger partial charge in [0.25, 0.3) is 0 Å². The average Bonchev–Trinajstić information content (AvgIpc) is 2.77. The van der Waals surface area contributed by atoms with Crippen molar-refractivity contribution < 1.29 is 19.5 Å². The number of carboxylic acids is 1. The molecule has 1 unspecified atom stereocenters. The number of amides is 2. The molecule has 3 N–H and O–H groups in total. The van der Waals surface area contributed by atoms with E-state index in [4.69, 9.17) is 5.11 Å². The van der Waals surface area contributed by atoms with Crippen molar-refractivity contribution in [1.29, 1.82) is 0 Å². The quantitative estimate of drug-likeness (QED) is 0.431. The largest absolute Gasteiger partial charge is 0.481 e. The van der Waals surface area contributed by atoms with E-state index in [1.54, 1.807) is 42.7 Å². The van der Waals surface area contributed by atoms with Crippen LogP contribution in [0.1, 0.15) is 23.7 Å². The number of nitrogens with one attached hydrogen (secondary N) is 2. The highest BCUT2D eigenvalue weighted by Gasteiger charge is 2.22. The second-order valence-corrected chi connectivity index (χ2v) is 7.78. The van der Waals surface area contributed by atoms with Crippen LogP contribution in [-0.2, 0) is 14.4 Å². The van der Waals surface area contributed by atoms with E-state index in [-0.39, 0.29) is 24.7 Å². The molecule has 2 amide bonds. The van der Waals surface area contributed by atoms with Crippen LogP contribution < -0.4 is 10.6 Å². The van der Waals surface area contributed by atoms with E-state index in [0.717, 1.165) is 10.5 Å². The molecule has 1 aromatic heterocycles. The number of aromatic nitrogens is 1. The first-order valence-electron chi connectivity index (χ1n) is 9.55. The van der Waals surface area contributed by atoms with E-state index in [9.17, 15) is 14.4 Å². The Kier molecular flexibility index (Phi) is 7.78. The van der Waals surface area contributed by atoms with Crippen LogP contribution >= 0.6 is 11.8 Å². The van der Waals surface area contributed by atoms with Crippen LogP contribution in [-0.4, -0.2) is 27.9 Å². The third kappa shape index (κ3) is 6.97. The van der Waals surface area contributed by atoms with Crippen molar-refractivity contribution in [3.05, 3.63) is 84.7 Å². The Hall–Kier alpha value is -3.65. The number of hydrogen-bond donors (Lipinski definition) is 3. The molecule has 8 heteroatoms. The second kappa shape index (κ2) is 10.9. The van der Waals surface area contributed by atoms with Gasteiger partial charge in [-0.05, 0) is 35.9 Å². The summed E-state index contributed by atoms with van der Waals surface area (Å²) in [5.41, 5.74) is 2.04. The molecule has 31 heavy (non-hydrogen) atoms. The molecule has 0 spiro atoms. The summed E-state index contributed by atoms with van der Waals surface area (Å²) in [4.78, 5) is 40.4. The summed E-state index contributed by atoms with van der Waals surface area (Å²) in [6.45, 7) is 0. The third-order valence-electron chi connectivity index (χ3n) is 4.23. The highest BCUT2D eigenvalue weighted by Crippen LogP contribution is 2.37. The molecule has 3 rings (SSSR count). The zero-order valence-electron chi connectivity index (χ0n) is 16.5. The van der Waals surface area contributed by atoms with Gasteiger partial charge in [-0.15, -0.1) is 11.8 Å². The normalized spacial score (nSPS) is 11.4. The zero-order valence-corrected chi connectivity index (χ0v) is 17.3. The van der Waals surface area contributed by atoms with Gasteiger partial charge < -0.3 is 15.7 Å². The van der Waals surface area contributed by atoms with Gasteiger partial charge in [0.1, 0.15) is 5.25 Å². The van der Waals surface area contributed by atoms with E-state index >= 15 is 0 Å². The lowest BCUT2D eigenvalue weighted by Crippen LogP contribution is -2.19. The fourth-order valence-electron chi connectivity index (χ4n) is 2.77. The number of carbonyl (C=O) groups excluding carboxylic acids is 2. The molecule has 0 aliphatic rings. The summed E-state index contributed by atoms with van der Waals surface area (Å²) < 4.78 is 0. The van der Waals surface area contributed by atoms with Crippen LogP contribution in [0.3, 0.4) is 0 Å². The molecule has 0 aliphatic carbocycles. The summed E-state index contributed by atoms with van der Waals surface area (Å²) in [5, 5.41) is 13.8. The number of hydrogen-bond acceptors (Lipinski definition) is 5. The minimum atomic E-state index is -1.02. The maximum Gasteiger partial charge on any atom is 0.303 e. The molecule has 1 atom stereocenters. The number of aliphatic carboxylic acids is 1. The van der Waals surface area contributed by atoms with E-state index in [2.05, 4.69) is 15.6 Å². The third-order valence-corrected chi connectivity index (χ3v) is 5.47. The molecule has 0 bridgehead atoms. The standard InChI is InChI=1S/C23H21N3O4S/c27-20(9-10-21(28)29)25-18-7-4-8-19(15-18)31-22(16-5-2-1-3-6-16)23(30)26-17-11-13-24-14-12-17/h1-8,11-15,22H,9-10H2,(H,25,27)(H,28,29)(H,24,26,30). The smallest absolute Gasteiger partial charge is 0.303 e.